The SMILES string of the molecule is CC(=O)Nc1ccc(C(=O)N2CCC3(CCN(C(=O)/C=C/c4ccsc4)CC3)C2)cc1NC(C)=O. The van der Waals surface area contributed by atoms with E-state index in [1.165, 1.54) is 13.8 Å². The van der Waals surface area contributed by atoms with Crippen LogP contribution in [-0.2, 0) is 14.4 Å². The van der Waals surface area contributed by atoms with Gasteiger partial charge in [-0.2, -0.15) is 11.3 Å². The van der Waals surface area contributed by atoms with Crippen molar-refractivity contribution in [3.8, 4) is 0 Å². The zero-order valence-corrected chi connectivity index (χ0v) is 20.8. The third-order valence-corrected chi connectivity index (χ3v) is 7.41. The lowest BCUT2D eigenvalue weighted by Crippen LogP contribution is -2.44. The Morgan fingerprint density at radius 2 is 1.57 bits per heavy atom. The minimum atomic E-state index is -0.284. The van der Waals surface area contributed by atoms with Gasteiger partial charge in [0.05, 0.1) is 11.4 Å². The standard InChI is InChI=1S/C26H30N4O4S/c1-18(31)27-22-5-4-21(15-23(22)28-19(2)32)25(34)30-13-10-26(17-30)8-11-29(12-9-26)24(33)6-3-20-7-14-35-16-20/h3-7,14-16H,8-13,17H2,1-2H3,(H,27,31)(H,28,32)/b6-3+. The van der Waals surface area contributed by atoms with Gasteiger partial charge in [0.2, 0.25) is 17.7 Å². The zero-order valence-electron chi connectivity index (χ0n) is 20.0. The van der Waals surface area contributed by atoms with Crippen LogP contribution in [0.1, 0.15) is 49.0 Å². The quantitative estimate of drug-likeness (QED) is 0.617. The average molecular weight is 495 g/mol. The van der Waals surface area contributed by atoms with Crippen LogP contribution in [-0.4, -0.2) is 59.6 Å². The third-order valence-electron chi connectivity index (χ3n) is 6.71. The summed E-state index contributed by atoms with van der Waals surface area (Å²) in [6.45, 7) is 5.46. The van der Waals surface area contributed by atoms with Crippen LogP contribution in [0.2, 0.25) is 0 Å². The molecule has 2 fully saturated rings. The fourth-order valence-corrected chi connectivity index (χ4v) is 5.44. The van der Waals surface area contributed by atoms with Gasteiger partial charge in [0.15, 0.2) is 0 Å². The van der Waals surface area contributed by atoms with E-state index in [0.717, 1.165) is 24.8 Å². The van der Waals surface area contributed by atoms with Gasteiger partial charge in [0, 0.05) is 51.7 Å². The van der Waals surface area contributed by atoms with E-state index in [1.54, 1.807) is 35.6 Å². The summed E-state index contributed by atoms with van der Waals surface area (Å²) in [5, 5.41) is 9.36. The van der Waals surface area contributed by atoms with E-state index in [4.69, 9.17) is 0 Å². The van der Waals surface area contributed by atoms with Crippen molar-refractivity contribution in [2.24, 2.45) is 5.41 Å². The van der Waals surface area contributed by atoms with Crippen LogP contribution in [0.3, 0.4) is 0 Å². The van der Waals surface area contributed by atoms with Gasteiger partial charge < -0.3 is 20.4 Å². The van der Waals surface area contributed by atoms with Crippen molar-refractivity contribution in [1.82, 2.24) is 9.80 Å². The Balaban J connectivity index is 1.38. The summed E-state index contributed by atoms with van der Waals surface area (Å²) in [4.78, 5) is 52.7. The smallest absolute Gasteiger partial charge is 0.253 e. The Bertz CT molecular complexity index is 1150. The van der Waals surface area contributed by atoms with E-state index in [9.17, 15) is 19.2 Å². The van der Waals surface area contributed by atoms with Crippen LogP contribution in [0.25, 0.3) is 6.08 Å². The van der Waals surface area contributed by atoms with Crippen molar-refractivity contribution in [3.63, 3.8) is 0 Å². The second-order valence-electron chi connectivity index (χ2n) is 9.31. The Morgan fingerprint density at radius 1 is 0.914 bits per heavy atom. The number of carbonyl (C=O) groups is 4. The Hall–Kier alpha value is -3.46. The van der Waals surface area contributed by atoms with Gasteiger partial charge in [-0.1, -0.05) is 0 Å². The molecule has 1 aromatic heterocycles. The van der Waals surface area contributed by atoms with Crippen molar-refractivity contribution < 1.29 is 19.2 Å². The maximum absolute atomic E-state index is 13.3. The average Bonchev–Trinajstić information content (AvgIpc) is 3.48. The number of benzene rings is 1. The van der Waals surface area contributed by atoms with Crippen molar-refractivity contribution in [1.29, 1.82) is 0 Å². The summed E-state index contributed by atoms with van der Waals surface area (Å²) < 4.78 is 0. The summed E-state index contributed by atoms with van der Waals surface area (Å²) in [7, 11) is 0. The number of nitrogens with zero attached hydrogens (tertiary/aromatic N) is 2. The number of anilines is 2. The number of rotatable bonds is 5. The molecular formula is C26H30N4O4S. The van der Waals surface area contributed by atoms with Gasteiger partial charge in [-0.15, -0.1) is 0 Å². The molecule has 9 heteroatoms. The van der Waals surface area contributed by atoms with Crippen LogP contribution >= 0.6 is 11.3 Å². The molecule has 2 aliphatic heterocycles. The highest BCUT2D eigenvalue weighted by Gasteiger charge is 2.42. The summed E-state index contributed by atoms with van der Waals surface area (Å²) in [5.74, 6) is -0.612. The molecule has 8 nitrogen and oxygen atoms in total. The van der Waals surface area contributed by atoms with Crippen molar-refractivity contribution in [3.05, 3.63) is 52.2 Å². The van der Waals surface area contributed by atoms with Gasteiger partial charge in [-0.05, 0) is 71.3 Å². The van der Waals surface area contributed by atoms with E-state index in [0.29, 0.717) is 43.1 Å². The van der Waals surface area contributed by atoms with Crippen LogP contribution in [0.5, 0.6) is 0 Å². The Kier molecular flexibility index (Phi) is 7.35. The summed E-state index contributed by atoms with van der Waals surface area (Å²) in [6.07, 6.45) is 6.14. The van der Waals surface area contributed by atoms with Crippen LogP contribution < -0.4 is 10.6 Å². The zero-order chi connectivity index (χ0) is 25.0. The molecule has 3 heterocycles. The van der Waals surface area contributed by atoms with Gasteiger partial charge in [0.25, 0.3) is 5.91 Å². The first-order valence-electron chi connectivity index (χ1n) is 11.7. The normalized spacial score (nSPS) is 17.1. The minimum Gasteiger partial charge on any atom is -0.339 e. The number of hydrogen-bond donors (Lipinski definition) is 2. The number of thiophene rings is 1. The molecule has 4 amide bonds. The highest BCUT2D eigenvalue weighted by atomic mass is 32.1. The molecule has 184 valence electrons. The molecule has 0 radical (unpaired) electrons. The first-order valence-corrected chi connectivity index (χ1v) is 12.7. The molecule has 0 aliphatic carbocycles. The molecule has 0 atom stereocenters. The first-order chi connectivity index (χ1) is 16.7. The lowest BCUT2D eigenvalue weighted by molar-refractivity contribution is -0.128. The molecule has 2 saturated heterocycles. The molecule has 0 bridgehead atoms. The lowest BCUT2D eigenvalue weighted by Gasteiger charge is -2.39. The monoisotopic (exact) mass is 494 g/mol. The Morgan fingerprint density at radius 3 is 2.20 bits per heavy atom. The highest BCUT2D eigenvalue weighted by molar-refractivity contribution is 7.08. The van der Waals surface area contributed by atoms with Crippen molar-refractivity contribution in [2.45, 2.75) is 33.1 Å². The highest BCUT2D eigenvalue weighted by Crippen LogP contribution is 2.41. The van der Waals surface area contributed by atoms with Crippen LogP contribution in [0, 0.1) is 5.41 Å². The molecule has 4 rings (SSSR count). The first kappa shape index (κ1) is 24.7. The largest absolute Gasteiger partial charge is 0.339 e. The summed E-state index contributed by atoms with van der Waals surface area (Å²) in [5.41, 5.74) is 2.38. The molecule has 1 spiro atoms. The van der Waals surface area contributed by atoms with Crippen molar-refractivity contribution in [2.75, 3.05) is 36.8 Å². The number of nitrogens with one attached hydrogen (secondary N) is 2. The fraction of sp³-hybridized carbons (Fsp3) is 0.385. The summed E-state index contributed by atoms with van der Waals surface area (Å²) in [6, 6.07) is 6.90. The lowest BCUT2D eigenvalue weighted by atomic mass is 9.78. The molecule has 1 aromatic carbocycles. The number of piperidine rings is 1. The van der Waals surface area contributed by atoms with Crippen LogP contribution in [0.15, 0.2) is 41.1 Å². The van der Waals surface area contributed by atoms with Crippen LogP contribution in [0.4, 0.5) is 11.4 Å². The number of carbonyl (C=O) groups excluding carboxylic acids is 4. The second-order valence-corrected chi connectivity index (χ2v) is 10.1. The number of likely N-dealkylation sites (tertiary alicyclic amines) is 2. The second kappa shape index (κ2) is 10.4. The summed E-state index contributed by atoms with van der Waals surface area (Å²) >= 11 is 1.60. The van der Waals surface area contributed by atoms with E-state index in [2.05, 4.69) is 10.6 Å². The van der Waals surface area contributed by atoms with Crippen molar-refractivity contribution >= 4 is 52.4 Å². The van der Waals surface area contributed by atoms with Gasteiger partial charge in [-0.25, -0.2) is 0 Å². The van der Waals surface area contributed by atoms with E-state index >= 15 is 0 Å². The molecule has 2 aromatic rings. The molecule has 35 heavy (non-hydrogen) atoms. The van der Waals surface area contributed by atoms with E-state index in [1.807, 2.05) is 32.7 Å². The molecular weight excluding hydrogens is 464 g/mol. The minimum absolute atomic E-state index is 0.0279. The molecule has 2 aliphatic rings. The molecule has 0 saturated carbocycles. The number of amides is 4. The fourth-order valence-electron chi connectivity index (χ4n) is 4.81. The van der Waals surface area contributed by atoms with E-state index in [-0.39, 0.29) is 29.0 Å². The third kappa shape index (κ3) is 5.97. The maximum Gasteiger partial charge on any atom is 0.253 e. The van der Waals surface area contributed by atoms with E-state index < -0.39 is 0 Å². The van der Waals surface area contributed by atoms with Gasteiger partial charge in [0.1, 0.15) is 0 Å². The topological polar surface area (TPSA) is 98.8 Å². The van der Waals surface area contributed by atoms with Gasteiger partial charge >= 0.3 is 0 Å². The molecule has 2 N–H and O–H groups in total. The predicted octanol–water partition coefficient (Wildman–Crippen LogP) is 3.83. The Labute approximate surface area is 209 Å². The maximum atomic E-state index is 13.3. The molecule has 0 unspecified atom stereocenters. The van der Waals surface area contributed by atoms with Gasteiger partial charge in [-0.3, -0.25) is 19.2 Å². The number of hydrogen-bond acceptors (Lipinski definition) is 5. The predicted molar refractivity (Wildman–Crippen MR) is 137 cm³/mol.